The molecule has 1 N–H and O–H groups in total. The number of hydrogen-bond acceptors (Lipinski definition) is 4. The summed E-state index contributed by atoms with van der Waals surface area (Å²) in [4.78, 5) is 0. The summed E-state index contributed by atoms with van der Waals surface area (Å²) >= 11 is 3.57. The molecule has 0 aromatic heterocycles. The first-order valence-corrected chi connectivity index (χ1v) is 10.7. The predicted molar refractivity (Wildman–Crippen MR) is 122 cm³/mol. The fraction of sp³-hybridized carbons (Fsp3) is 0.120. The Morgan fingerprint density at radius 2 is 1.87 bits per heavy atom. The number of fused-ring (bicyclic) bond motifs is 3. The minimum Gasteiger partial charge on any atom is -0.490 e. The standard InChI is InChI=1S/C25H20BrFN2O2/c1-2-13-30-20-10-5-16(6-11-20)22-15-23-21-14-18(26)7-12-24(21)31-25(29(23)28-22)17-3-8-19(27)9-4-17/h2-12,14-15,23,25,28H,1,13H2. The molecule has 3 aromatic carbocycles. The van der Waals surface area contributed by atoms with Crippen molar-refractivity contribution in [2.24, 2.45) is 0 Å². The maximum atomic E-state index is 13.5. The van der Waals surface area contributed by atoms with Gasteiger partial charge in [-0.05, 0) is 66.2 Å². The van der Waals surface area contributed by atoms with Crippen molar-refractivity contribution in [1.82, 2.24) is 10.4 Å². The molecule has 0 fully saturated rings. The molecule has 0 saturated carbocycles. The Balaban J connectivity index is 1.50. The first-order valence-electron chi connectivity index (χ1n) is 9.95. The predicted octanol–water partition coefficient (Wildman–Crippen LogP) is 6.15. The van der Waals surface area contributed by atoms with Gasteiger partial charge in [0.15, 0.2) is 6.23 Å². The van der Waals surface area contributed by atoms with Crippen LogP contribution >= 0.6 is 15.9 Å². The van der Waals surface area contributed by atoms with Gasteiger partial charge in [0.2, 0.25) is 0 Å². The Labute approximate surface area is 188 Å². The second kappa shape index (κ2) is 8.21. The Bertz CT molecular complexity index is 1150. The second-order valence-electron chi connectivity index (χ2n) is 7.37. The van der Waals surface area contributed by atoms with Gasteiger partial charge < -0.3 is 14.9 Å². The van der Waals surface area contributed by atoms with E-state index >= 15 is 0 Å². The van der Waals surface area contributed by atoms with E-state index in [4.69, 9.17) is 9.47 Å². The minimum absolute atomic E-state index is 0.0389. The van der Waals surface area contributed by atoms with Crippen molar-refractivity contribution in [2.45, 2.75) is 12.3 Å². The molecule has 0 radical (unpaired) electrons. The largest absolute Gasteiger partial charge is 0.490 e. The molecule has 3 aromatic rings. The van der Waals surface area contributed by atoms with Crippen LogP contribution in [0.15, 0.2) is 89.9 Å². The van der Waals surface area contributed by atoms with Crippen LogP contribution < -0.4 is 14.9 Å². The smallest absolute Gasteiger partial charge is 0.195 e. The number of benzene rings is 3. The summed E-state index contributed by atoms with van der Waals surface area (Å²) in [7, 11) is 0. The molecule has 31 heavy (non-hydrogen) atoms. The number of hydrogen-bond donors (Lipinski definition) is 1. The maximum Gasteiger partial charge on any atom is 0.195 e. The SMILES string of the molecule is C=CCOc1ccc(C2=CC3c4cc(Br)ccc4OC(c4ccc(F)cc4)N3N2)cc1. The summed E-state index contributed by atoms with van der Waals surface area (Å²) in [6.07, 6.45) is 3.50. The first-order chi connectivity index (χ1) is 15.1. The van der Waals surface area contributed by atoms with Gasteiger partial charge in [0.25, 0.3) is 0 Å². The van der Waals surface area contributed by atoms with Crippen LogP contribution in [0.4, 0.5) is 4.39 Å². The number of halogens is 2. The molecule has 0 spiro atoms. The van der Waals surface area contributed by atoms with Gasteiger partial charge in [-0.2, -0.15) is 5.01 Å². The van der Waals surface area contributed by atoms with Gasteiger partial charge in [-0.25, -0.2) is 4.39 Å². The lowest BCUT2D eigenvalue weighted by Gasteiger charge is -2.39. The van der Waals surface area contributed by atoms with Gasteiger partial charge in [0.05, 0.1) is 11.7 Å². The fourth-order valence-corrected chi connectivity index (χ4v) is 4.24. The van der Waals surface area contributed by atoms with Crippen LogP contribution in [0.2, 0.25) is 0 Å². The molecule has 2 unspecified atom stereocenters. The molecule has 2 aliphatic heterocycles. The average Bonchev–Trinajstić information content (AvgIpc) is 3.24. The van der Waals surface area contributed by atoms with E-state index in [-0.39, 0.29) is 11.9 Å². The lowest BCUT2D eigenvalue weighted by atomic mass is 10.0. The Kier molecular flexibility index (Phi) is 5.26. The van der Waals surface area contributed by atoms with Crippen molar-refractivity contribution < 1.29 is 13.9 Å². The van der Waals surface area contributed by atoms with E-state index in [1.807, 2.05) is 36.4 Å². The molecule has 0 saturated heterocycles. The fourth-order valence-electron chi connectivity index (χ4n) is 3.87. The van der Waals surface area contributed by atoms with E-state index in [0.717, 1.165) is 38.4 Å². The zero-order valence-electron chi connectivity index (χ0n) is 16.6. The summed E-state index contributed by atoms with van der Waals surface area (Å²) in [5.41, 5.74) is 7.44. The highest BCUT2D eigenvalue weighted by Gasteiger charge is 2.40. The van der Waals surface area contributed by atoms with E-state index < -0.39 is 6.23 Å². The zero-order chi connectivity index (χ0) is 21.4. The summed E-state index contributed by atoms with van der Waals surface area (Å²) in [6, 6.07) is 20.3. The molecule has 156 valence electrons. The quantitative estimate of drug-likeness (QED) is 0.446. The van der Waals surface area contributed by atoms with Crippen LogP contribution in [0, 0.1) is 5.82 Å². The highest BCUT2D eigenvalue weighted by molar-refractivity contribution is 9.10. The van der Waals surface area contributed by atoms with Crippen LogP contribution in [0.3, 0.4) is 0 Å². The molecule has 4 nitrogen and oxygen atoms in total. The Hall–Kier alpha value is -3.09. The lowest BCUT2D eigenvalue weighted by molar-refractivity contribution is -0.0327. The third-order valence-electron chi connectivity index (χ3n) is 5.34. The molecule has 0 aliphatic carbocycles. The van der Waals surface area contributed by atoms with E-state index in [1.165, 1.54) is 12.1 Å². The topological polar surface area (TPSA) is 33.7 Å². The third-order valence-corrected chi connectivity index (χ3v) is 5.84. The third kappa shape index (κ3) is 3.84. The highest BCUT2D eigenvalue weighted by atomic mass is 79.9. The van der Waals surface area contributed by atoms with Crippen molar-refractivity contribution >= 4 is 21.6 Å². The van der Waals surface area contributed by atoms with Gasteiger partial charge in [0.1, 0.15) is 23.9 Å². The van der Waals surface area contributed by atoms with Gasteiger partial charge in [0, 0.05) is 15.6 Å². The summed E-state index contributed by atoms with van der Waals surface area (Å²) < 4.78 is 26.4. The van der Waals surface area contributed by atoms with Crippen LogP contribution in [0.25, 0.3) is 5.70 Å². The van der Waals surface area contributed by atoms with Crippen LogP contribution in [0.1, 0.15) is 29.0 Å². The molecule has 0 amide bonds. The van der Waals surface area contributed by atoms with Crippen molar-refractivity contribution in [3.05, 3.63) is 112 Å². The molecule has 2 atom stereocenters. The van der Waals surface area contributed by atoms with E-state index in [9.17, 15) is 4.39 Å². The molecule has 5 rings (SSSR count). The van der Waals surface area contributed by atoms with E-state index in [1.54, 1.807) is 18.2 Å². The van der Waals surface area contributed by atoms with E-state index in [0.29, 0.717) is 6.61 Å². The maximum absolute atomic E-state index is 13.5. The summed E-state index contributed by atoms with van der Waals surface area (Å²) in [6.45, 7) is 4.14. The zero-order valence-corrected chi connectivity index (χ0v) is 18.2. The van der Waals surface area contributed by atoms with Crippen LogP contribution in [-0.2, 0) is 0 Å². The minimum atomic E-state index is -0.400. The molecular weight excluding hydrogens is 459 g/mol. The van der Waals surface area contributed by atoms with Crippen molar-refractivity contribution in [3.63, 3.8) is 0 Å². The summed E-state index contributed by atoms with van der Waals surface area (Å²) in [5.74, 6) is 1.33. The lowest BCUT2D eigenvalue weighted by Crippen LogP contribution is -2.43. The molecule has 6 heteroatoms. The van der Waals surface area contributed by atoms with Crippen LogP contribution in [-0.4, -0.2) is 11.6 Å². The number of nitrogens with one attached hydrogen (secondary N) is 1. The van der Waals surface area contributed by atoms with Crippen molar-refractivity contribution in [1.29, 1.82) is 0 Å². The van der Waals surface area contributed by atoms with Crippen LogP contribution in [0.5, 0.6) is 11.5 Å². The number of ether oxygens (including phenoxy) is 2. The van der Waals surface area contributed by atoms with Gasteiger partial charge >= 0.3 is 0 Å². The number of rotatable bonds is 5. The normalized spacial score (nSPS) is 19.5. The average molecular weight is 479 g/mol. The Morgan fingerprint density at radius 1 is 1.10 bits per heavy atom. The van der Waals surface area contributed by atoms with E-state index in [2.05, 4.69) is 45.1 Å². The highest BCUT2D eigenvalue weighted by Crippen LogP contribution is 2.46. The van der Waals surface area contributed by atoms with Gasteiger partial charge in [-0.15, -0.1) is 0 Å². The van der Waals surface area contributed by atoms with Gasteiger partial charge in [-0.1, -0.05) is 40.7 Å². The number of nitrogens with zero attached hydrogens (tertiary/aromatic N) is 1. The first kappa shape index (κ1) is 19.8. The van der Waals surface area contributed by atoms with Gasteiger partial charge in [-0.3, -0.25) is 0 Å². The number of hydrazine groups is 1. The molecule has 2 heterocycles. The Morgan fingerprint density at radius 3 is 2.61 bits per heavy atom. The molecule has 0 bridgehead atoms. The monoisotopic (exact) mass is 478 g/mol. The second-order valence-corrected chi connectivity index (χ2v) is 8.29. The van der Waals surface area contributed by atoms with Crippen molar-refractivity contribution in [2.75, 3.05) is 6.61 Å². The molecule has 2 aliphatic rings. The summed E-state index contributed by atoms with van der Waals surface area (Å²) in [5, 5.41) is 2.06. The molecular formula is C25H20BrFN2O2. The van der Waals surface area contributed by atoms with Crippen molar-refractivity contribution in [3.8, 4) is 11.5 Å².